The summed E-state index contributed by atoms with van der Waals surface area (Å²) in [4.78, 5) is 34.8. The van der Waals surface area contributed by atoms with Crippen LogP contribution >= 0.6 is 0 Å². The molecule has 30 heavy (non-hydrogen) atoms. The molecule has 0 bridgehead atoms. The number of ether oxygens (including phenoxy) is 3. The van der Waals surface area contributed by atoms with Crippen LogP contribution in [-0.2, 0) is 30.3 Å². The van der Waals surface area contributed by atoms with E-state index in [4.69, 9.17) is 14.2 Å². The average Bonchev–Trinajstić information content (AvgIpc) is 2.92. The van der Waals surface area contributed by atoms with Gasteiger partial charge in [-0.25, -0.2) is 0 Å². The second kappa shape index (κ2) is 7.71. The first kappa shape index (κ1) is 20.9. The molecule has 0 amide bonds. The number of benzene rings is 1. The minimum absolute atomic E-state index is 0.192. The first-order valence-electron chi connectivity index (χ1n) is 10.8. The monoisotopic (exact) mass is 414 g/mol. The molecule has 3 aliphatic rings. The molecule has 2 saturated carbocycles. The summed E-state index contributed by atoms with van der Waals surface area (Å²) in [6.07, 6.45) is 3.83. The fourth-order valence-corrected chi connectivity index (χ4v) is 6.44. The van der Waals surface area contributed by atoms with Gasteiger partial charge in [0.2, 0.25) is 0 Å². The van der Waals surface area contributed by atoms with Crippen LogP contribution in [0.15, 0.2) is 18.2 Å². The van der Waals surface area contributed by atoms with E-state index in [1.165, 1.54) is 31.9 Å². The van der Waals surface area contributed by atoms with E-state index in [1.807, 2.05) is 12.1 Å². The van der Waals surface area contributed by atoms with Crippen LogP contribution in [0.2, 0.25) is 0 Å². The molecule has 0 N–H and O–H groups in total. The predicted molar refractivity (Wildman–Crippen MR) is 109 cm³/mol. The molecule has 0 unspecified atom stereocenters. The normalized spacial score (nSPS) is 34.2. The molecule has 4 rings (SSSR count). The first-order valence-corrected chi connectivity index (χ1v) is 10.8. The summed E-state index contributed by atoms with van der Waals surface area (Å²) in [5.41, 5.74) is 2.40. The van der Waals surface area contributed by atoms with Crippen molar-refractivity contribution in [3.05, 3.63) is 29.3 Å². The number of carbonyl (C=O) groups is 3. The molecule has 6 atom stereocenters. The zero-order valence-electron chi connectivity index (χ0n) is 18.1. The van der Waals surface area contributed by atoms with Crippen molar-refractivity contribution in [2.45, 2.75) is 77.9 Å². The Bertz CT molecular complexity index is 876. The molecule has 0 spiro atoms. The third-order valence-electron chi connectivity index (χ3n) is 7.48. The maximum Gasteiger partial charge on any atom is 0.308 e. The number of carbonyl (C=O) groups excluding carboxylic acids is 3. The number of hydrogen-bond acceptors (Lipinski definition) is 6. The molecule has 1 aromatic carbocycles. The number of esters is 3. The Morgan fingerprint density at radius 3 is 2.40 bits per heavy atom. The Kier molecular flexibility index (Phi) is 5.37. The van der Waals surface area contributed by atoms with Gasteiger partial charge in [0, 0.05) is 26.2 Å². The van der Waals surface area contributed by atoms with Crippen LogP contribution < -0.4 is 4.74 Å². The van der Waals surface area contributed by atoms with Crippen molar-refractivity contribution in [3.8, 4) is 5.75 Å². The lowest BCUT2D eigenvalue weighted by atomic mass is 9.55. The van der Waals surface area contributed by atoms with Gasteiger partial charge in [-0.2, -0.15) is 0 Å². The van der Waals surface area contributed by atoms with Crippen LogP contribution in [0.25, 0.3) is 0 Å². The molecule has 3 aliphatic carbocycles. The highest BCUT2D eigenvalue weighted by molar-refractivity contribution is 5.69. The Labute approximate surface area is 177 Å². The smallest absolute Gasteiger partial charge is 0.308 e. The van der Waals surface area contributed by atoms with E-state index in [2.05, 4.69) is 13.0 Å². The number of hydrogen-bond donors (Lipinski definition) is 0. The SMILES string of the molecule is CC(=O)Oc1ccc2c(c1)CC[C@@H]1[C@H]3C[C@@H](OC(C)=O)[C@@H](OC(C)=O)[C@@]3(C)CC[C@@H]21. The molecular weight excluding hydrogens is 384 g/mol. The Morgan fingerprint density at radius 2 is 1.73 bits per heavy atom. The second-order valence-electron chi connectivity index (χ2n) is 9.33. The Hall–Kier alpha value is -2.37. The van der Waals surface area contributed by atoms with E-state index in [0.717, 1.165) is 32.1 Å². The standard InChI is InChI=1S/C24H30O6/c1-13(25)28-17-6-8-18-16(11-17)5-7-20-19(18)9-10-24(4)21(20)12-22(29-14(2)26)23(24)30-15(3)27/h6,8,11,19-23H,5,7,9-10,12H2,1-4H3/t19-,20-,21+,22+,23+,24-/m0/s1. The average molecular weight is 414 g/mol. The van der Waals surface area contributed by atoms with Gasteiger partial charge >= 0.3 is 17.9 Å². The summed E-state index contributed by atoms with van der Waals surface area (Å²) in [5.74, 6) is 0.839. The lowest BCUT2D eigenvalue weighted by molar-refractivity contribution is -0.171. The quantitative estimate of drug-likeness (QED) is 0.551. The molecule has 0 aliphatic heterocycles. The fourth-order valence-electron chi connectivity index (χ4n) is 6.44. The molecule has 6 heteroatoms. The molecule has 1 aromatic rings. The summed E-state index contributed by atoms with van der Waals surface area (Å²) in [7, 11) is 0. The highest BCUT2D eigenvalue weighted by atomic mass is 16.6. The van der Waals surface area contributed by atoms with Crippen molar-refractivity contribution in [2.24, 2.45) is 17.3 Å². The van der Waals surface area contributed by atoms with Crippen molar-refractivity contribution in [1.82, 2.24) is 0 Å². The van der Waals surface area contributed by atoms with E-state index in [9.17, 15) is 14.4 Å². The van der Waals surface area contributed by atoms with Gasteiger partial charge < -0.3 is 14.2 Å². The molecule has 2 fully saturated rings. The summed E-state index contributed by atoms with van der Waals surface area (Å²) in [6, 6.07) is 5.99. The van der Waals surface area contributed by atoms with Gasteiger partial charge in [-0.15, -0.1) is 0 Å². The number of fused-ring (bicyclic) bond motifs is 5. The minimum atomic E-state index is -0.391. The van der Waals surface area contributed by atoms with Gasteiger partial charge in [-0.1, -0.05) is 13.0 Å². The van der Waals surface area contributed by atoms with Gasteiger partial charge in [0.15, 0.2) is 0 Å². The largest absolute Gasteiger partial charge is 0.459 e. The van der Waals surface area contributed by atoms with Crippen LogP contribution in [0.1, 0.15) is 70.4 Å². The first-order chi connectivity index (χ1) is 14.2. The van der Waals surface area contributed by atoms with Crippen LogP contribution in [0.3, 0.4) is 0 Å². The van der Waals surface area contributed by atoms with E-state index < -0.39 is 6.10 Å². The van der Waals surface area contributed by atoms with Crippen molar-refractivity contribution < 1.29 is 28.6 Å². The molecule has 6 nitrogen and oxygen atoms in total. The summed E-state index contributed by atoms with van der Waals surface area (Å²) < 4.78 is 16.6. The molecule has 0 heterocycles. The van der Waals surface area contributed by atoms with Crippen molar-refractivity contribution in [2.75, 3.05) is 0 Å². The lowest BCUT2D eigenvalue weighted by Gasteiger charge is -2.50. The lowest BCUT2D eigenvalue weighted by Crippen LogP contribution is -2.46. The maximum atomic E-state index is 11.8. The van der Waals surface area contributed by atoms with Gasteiger partial charge in [0.25, 0.3) is 0 Å². The maximum absolute atomic E-state index is 11.8. The molecule has 162 valence electrons. The van der Waals surface area contributed by atoms with Crippen molar-refractivity contribution >= 4 is 17.9 Å². The second-order valence-corrected chi connectivity index (χ2v) is 9.33. The third kappa shape index (κ3) is 3.61. The van der Waals surface area contributed by atoms with Crippen LogP contribution in [0.4, 0.5) is 0 Å². The van der Waals surface area contributed by atoms with E-state index in [0.29, 0.717) is 23.5 Å². The summed E-state index contributed by atoms with van der Waals surface area (Å²) in [5, 5.41) is 0. The molecule has 0 radical (unpaired) electrons. The zero-order valence-corrected chi connectivity index (χ0v) is 18.1. The Balaban J connectivity index is 1.62. The minimum Gasteiger partial charge on any atom is -0.459 e. The van der Waals surface area contributed by atoms with E-state index in [-0.39, 0.29) is 29.4 Å². The van der Waals surface area contributed by atoms with Crippen molar-refractivity contribution in [3.63, 3.8) is 0 Å². The van der Waals surface area contributed by atoms with Gasteiger partial charge in [-0.05, 0) is 73.1 Å². The van der Waals surface area contributed by atoms with Gasteiger partial charge in [0.1, 0.15) is 18.0 Å². The van der Waals surface area contributed by atoms with E-state index in [1.54, 1.807) is 0 Å². The Morgan fingerprint density at radius 1 is 1.00 bits per heavy atom. The molecule has 0 aromatic heterocycles. The van der Waals surface area contributed by atoms with Gasteiger partial charge in [-0.3, -0.25) is 14.4 Å². The van der Waals surface area contributed by atoms with E-state index >= 15 is 0 Å². The number of rotatable bonds is 3. The summed E-state index contributed by atoms with van der Waals surface area (Å²) in [6.45, 7) is 6.45. The molecule has 0 saturated heterocycles. The fraction of sp³-hybridized carbons (Fsp3) is 0.625. The number of aryl methyl sites for hydroxylation is 1. The highest BCUT2D eigenvalue weighted by Gasteiger charge is 2.61. The van der Waals surface area contributed by atoms with Gasteiger partial charge in [0.05, 0.1) is 0 Å². The topological polar surface area (TPSA) is 78.9 Å². The third-order valence-corrected chi connectivity index (χ3v) is 7.48. The molecular formula is C24H30O6. The predicted octanol–water partition coefficient (Wildman–Crippen LogP) is 3.94. The van der Waals surface area contributed by atoms with Crippen LogP contribution in [0.5, 0.6) is 5.75 Å². The van der Waals surface area contributed by atoms with Crippen molar-refractivity contribution in [1.29, 1.82) is 0 Å². The highest BCUT2D eigenvalue weighted by Crippen LogP contribution is 2.62. The summed E-state index contributed by atoms with van der Waals surface area (Å²) >= 11 is 0. The van der Waals surface area contributed by atoms with Crippen LogP contribution in [-0.4, -0.2) is 30.1 Å². The zero-order chi connectivity index (χ0) is 21.6. The van der Waals surface area contributed by atoms with Crippen LogP contribution in [0, 0.1) is 17.3 Å².